The van der Waals surface area contributed by atoms with Crippen molar-refractivity contribution in [1.82, 2.24) is 19.8 Å². The number of halogens is 1. The van der Waals surface area contributed by atoms with Crippen LogP contribution in [0, 0.1) is 42.4 Å². The van der Waals surface area contributed by atoms with E-state index in [9.17, 15) is 14.7 Å². The minimum atomic E-state index is -0.695. The normalized spacial score (nSPS) is 35.4. The van der Waals surface area contributed by atoms with Crippen molar-refractivity contribution in [2.45, 2.75) is 81.1 Å². The molecule has 1 aromatic rings. The molecule has 37 heavy (non-hydrogen) atoms. The molecule has 202 valence electrons. The summed E-state index contributed by atoms with van der Waals surface area (Å²) in [4.78, 5) is 32.2. The van der Waals surface area contributed by atoms with E-state index in [4.69, 9.17) is 16.6 Å². The Morgan fingerprint density at radius 1 is 1.27 bits per heavy atom. The van der Waals surface area contributed by atoms with E-state index in [1.807, 2.05) is 18.7 Å². The van der Waals surface area contributed by atoms with Gasteiger partial charge in [0.15, 0.2) is 0 Å². The molecule has 5 rings (SSSR count). The molecule has 1 saturated carbocycles. The number of hydrogen-bond donors (Lipinski definition) is 2. The fraction of sp³-hybridized carbons (Fsp3) is 0.750. The number of nitrogens with one attached hydrogen (secondary N) is 1. The van der Waals surface area contributed by atoms with Gasteiger partial charge in [-0.15, -0.1) is 11.6 Å². The van der Waals surface area contributed by atoms with Gasteiger partial charge >= 0.3 is 5.97 Å². The fourth-order valence-electron chi connectivity index (χ4n) is 7.06. The molecule has 2 aliphatic carbocycles. The molecule has 0 spiro atoms. The summed E-state index contributed by atoms with van der Waals surface area (Å²) in [5.41, 5.74) is 1.87. The zero-order valence-electron chi connectivity index (χ0n) is 22.1. The highest BCUT2D eigenvalue weighted by molar-refractivity contribution is 8.00. The molecule has 3 heterocycles. The number of rotatable bonds is 4. The van der Waals surface area contributed by atoms with Crippen molar-refractivity contribution in [2.24, 2.45) is 23.7 Å². The van der Waals surface area contributed by atoms with Gasteiger partial charge in [-0.2, -0.15) is 11.8 Å². The molecule has 7 nitrogen and oxygen atoms in total. The van der Waals surface area contributed by atoms with Crippen molar-refractivity contribution >= 4 is 29.3 Å². The first-order valence-corrected chi connectivity index (χ1v) is 15.2. The number of hydrogen-bond acceptors (Lipinski definition) is 6. The summed E-state index contributed by atoms with van der Waals surface area (Å²) >= 11 is 8.48. The van der Waals surface area contributed by atoms with Gasteiger partial charge in [0.1, 0.15) is 5.82 Å². The maximum absolute atomic E-state index is 13.4. The van der Waals surface area contributed by atoms with E-state index >= 15 is 0 Å². The summed E-state index contributed by atoms with van der Waals surface area (Å²) in [6.07, 6.45) is 6.50. The second-order valence-corrected chi connectivity index (χ2v) is 13.3. The summed E-state index contributed by atoms with van der Waals surface area (Å²) in [6, 6.07) is 0.401. The number of alkyl halides is 1. The van der Waals surface area contributed by atoms with Crippen molar-refractivity contribution in [3.63, 3.8) is 0 Å². The van der Waals surface area contributed by atoms with Gasteiger partial charge in [-0.25, -0.2) is 4.98 Å². The van der Waals surface area contributed by atoms with Gasteiger partial charge in [0, 0.05) is 39.9 Å². The number of nitrogens with zero attached hydrogens (tertiary/aromatic N) is 3. The van der Waals surface area contributed by atoms with E-state index in [1.165, 1.54) is 0 Å². The van der Waals surface area contributed by atoms with Crippen molar-refractivity contribution in [2.75, 3.05) is 26.4 Å². The summed E-state index contributed by atoms with van der Waals surface area (Å²) in [5, 5.41) is 13.6. The summed E-state index contributed by atoms with van der Waals surface area (Å²) in [5.74, 6) is 8.33. The smallest absolute Gasteiger partial charge is 0.308 e. The Hall–Kier alpha value is -1.53. The standard InChI is InChI=1S/C28H39ClN4O3S/c1-16-31-24-9-8-19(32(2)3)14-22(24)27(34)33(16)12-4-5-17-6-7-18(29)13-21(17)20-10-11-30-25-23(28(35)36)15-37-26(20)25/h17-21,23,25-26,30H,6-15H2,1-3H3,(H,35,36)/t17?,18?,19-,20?,21?,23?,25?,26?/m1/s1. The van der Waals surface area contributed by atoms with Crippen LogP contribution in [-0.2, 0) is 24.2 Å². The van der Waals surface area contributed by atoms with Crippen LogP contribution < -0.4 is 10.9 Å². The van der Waals surface area contributed by atoms with Crippen LogP contribution in [0.25, 0.3) is 0 Å². The van der Waals surface area contributed by atoms with E-state index in [-0.39, 0.29) is 28.8 Å². The van der Waals surface area contributed by atoms with Crippen molar-refractivity contribution in [3.8, 4) is 11.8 Å². The molecule has 2 aliphatic heterocycles. The van der Waals surface area contributed by atoms with Crippen LogP contribution in [0.15, 0.2) is 4.79 Å². The van der Waals surface area contributed by atoms with Gasteiger partial charge in [-0.05, 0) is 84.3 Å². The van der Waals surface area contributed by atoms with E-state index in [0.717, 1.165) is 68.6 Å². The minimum Gasteiger partial charge on any atom is -0.481 e. The number of thioether (sulfide) groups is 1. The number of piperidine rings is 1. The largest absolute Gasteiger partial charge is 0.481 e. The van der Waals surface area contributed by atoms with Gasteiger partial charge in [-0.3, -0.25) is 14.2 Å². The number of carboxylic acid groups (broad SMARTS) is 1. The molecule has 0 aromatic carbocycles. The fourth-order valence-corrected chi connectivity index (χ4v) is 9.25. The van der Waals surface area contributed by atoms with Gasteiger partial charge < -0.3 is 15.3 Å². The number of carbonyl (C=O) groups is 1. The molecule has 7 unspecified atom stereocenters. The van der Waals surface area contributed by atoms with Crippen LogP contribution in [0.1, 0.15) is 49.2 Å². The highest BCUT2D eigenvalue weighted by Crippen LogP contribution is 2.48. The topological polar surface area (TPSA) is 87.5 Å². The average Bonchev–Trinajstić information content (AvgIpc) is 3.31. The molecule has 0 amide bonds. The molecular weight excluding hydrogens is 508 g/mol. The Labute approximate surface area is 229 Å². The monoisotopic (exact) mass is 546 g/mol. The Bertz CT molecular complexity index is 1140. The summed E-state index contributed by atoms with van der Waals surface area (Å²) < 4.78 is 1.75. The van der Waals surface area contributed by atoms with Crippen LogP contribution in [0.3, 0.4) is 0 Å². The molecule has 2 saturated heterocycles. The van der Waals surface area contributed by atoms with E-state index in [1.54, 1.807) is 4.57 Å². The number of aliphatic carboxylic acids is 1. The highest BCUT2D eigenvalue weighted by atomic mass is 35.5. The Morgan fingerprint density at radius 2 is 2.08 bits per heavy atom. The molecule has 4 aliphatic rings. The maximum Gasteiger partial charge on any atom is 0.308 e. The predicted octanol–water partition coefficient (Wildman–Crippen LogP) is 2.79. The molecule has 3 fully saturated rings. The maximum atomic E-state index is 13.4. The van der Waals surface area contributed by atoms with E-state index in [2.05, 4.69) is 36.2 Å². The zero-order valence-corrected chi connectivity index (χ0v) is 23.7. The first-order valence-electron chi connectivity index (χ1n) is 13.7. The van der Waals surface area contributed by atoms with Crippen molar-refractivity contribution in [1.29, 1.82) is 0 Å². The molecule has 9 heteroatoms. The first kappa shape index (κ1) is 27.1. The highest BCUT2D eigenvalue weighted by Gasteiger charge is 2.50. The lowest BCUT2D eigenvalue weighted by molar-refractivity contribution is -0.141. The summed E-state index contributed by atoms with van der Waals surface area (Å²) in [6.45, 7) is 3.12. The lowest BCUT2D eigenvalue weighted by Crippen LogP contribution is -2.53. The second-order valence-electron chi connectivity index (χ2n) is 11.5. The van der Waals surface area contributed by atoms with Crippen LogP contribution >= 0.6 is 23.4 Å². The third kappa shape index (κ3) is 5.48. The summed E-state index contributed by atoms with van der Waals surface area (Å²) in [7, 11) is 4.15. The Morgan fingerprint density at radius 3 is 2.84 bits per heavy atom. The van der Waals surface area contributed by atoms with Gasteiger partial charge in [0.05, 0.1) is 18.2 Å². The van der Waals surface area contributed by atoms with Gasteiger partial charge in [0.2, 0.25) is 0 Å². The third-order valence-electron chi connectivity index (χ3n) is 9.19. The van der Waals surface area contributed by atoms with Crippen LogP contribution in [0.4, 0.5) is 0 Å². The SMILES string of the molecule is Cc1nc2c(c(=O)n1CC#CC1CCC(Cl)CC1C1CCNC3C(C(=O)O)CSC13)C[C@H](N(C)C)CC2. The van der Waals surface area contributed by atoms with Crippen LogP contribution in [-0.4, -0.2) is 74.6 Å². The molecule has 8 atom stereocenters. The first-order chi connectivity index (χ1) is 17.7. The van der Waals surface area contributed by atoms with Gasteiger partial charge in [0.25, 0.3) is 5.56 Å². The molecule has 0 bridgehead atoms. The zero-order chi connectivity index (χ0) is 26.3. The predicted molar refractivity (Wildman–Crippen MR) is 148 cm³/mol. The van der Waals surface area contributed by atoms with Gasteiger partial charge in [-0.1, -0.05) is 11.8 Å². The second kappa shape index (κ2) is 11.3. The average molecular weight is 547 g/mol. The lowest BCUT2D eigenvalue weighted by atomic mass is 9.68. The third-order valence-corrected chi connectivity index (χ3v) is 11.2. The number of carboxylic acids is 1. The number of fused-ring (bicyclic) bond motifs is 2. The molecule has 0 radical (unpaired) electrons. The Kier molecular flexibility index (Phi) is 8.26. The van der Waals surface area contributed by atoms with E-state index in [0.29, 0.717) is 35.4 Å². The lowest BCUT2D eigenvalue weighted by Gasteiger charge is -2.44. The number of aryl methyl sites for hydroxylation is 2. The molecule has 1 aromatic heterocycles. The number of likely N-dealkylation sites (N-methyl/N-ethyl adjacent to an activating group) is 1. The van der Waals surface area contributed by atoms with Crippen LogP contribution in [0.5, 0.6) is 0 Å². The van der Waals surface area contributed by atoms with Crippen molar-refractivity contribution in [3.05, 3.63) is 27.4 Å². The van der Waals surface area contributed by atoms with Crippen molar-refractivity contribution < 1.29 is 9.90 Å². The van der Waals surface area contributed by atoms with Crippen LogP contribution in [0.2, 0.25) is 0 Å². The van der Waals surface area contributed by atoms with E-state index < -0.39 is 5.97 Å². The molecular formula is C28H39ClN4O3S. The quantitative estimate of drug-likeness (QED) is 0.443. The Balaban J connectivity index is 1.35. The number of aromatic nitrogens is 2. The molecule has 2 N–H and O–H groups in total. The minimum absolute atomic E-state index is 0.0272.